The van der Waals surface area contributed by atoms with E-state index in [1.165, 1.54) is 0 Å². The molecule has 0 bridgehead atoms. The highest BCUT2D eigenvalue weighted by atomic mass is 31.1. The van der Waals surface area contributed by atoms with Crippen LogP contribution in [0.5, 0.6) is 11.5 Å². The van der Waals surface area contributed by atoms with Crippen molar-refractivity contribution in [3.63, 3.8) is 0 Å². The summed E-state index contributed by atoms with van der Waals surface area (Å²) in [6, 6.07) is 8.04. The Bertz CT molecular complexity index is 1000. The zero-order valence-electron chi connectivity index (χ0n) is 18.8. The van der Waals surface area contributed by atoms with Crippen LogP contribution in [-0.4, -0.2) is 21.3 Å². The van der Waals surface area contributed by atoms with E-state index in [-0.39, 0.29) is 10.8 Å². The van der Waals surface area contributed by atoms with Gasteiger partial charge in [-0.05, 0) is 35.1 Å². The van der Waals surface area contributed by atoms with E-state index < -0.39 is 8.24 Å². The largest absolute Gasteiger partial charge is 0.497 e. The van der Waals surface area contributed by atoms with Gasteiger partial charge in [0.1, 0.15) is 22.7 Å². The van der Waals surface area contributed by atoms with Crippen LogP contribution < -0.4 is 14.0 Å². The first-order chi connectivity index (χ1) is 13.5. The summed E-state index contributed by atoms with van der Waals surface area (Å²) in [6.07, 6.45) is 0. The van der Waals surface area contributed by atoms with Crippen LogP contribution in [0.3, 0.4) is 0 Å². The molecule has 1 heterocycles. The molecule has 0 fully saturated rings. The molecule has 0 unspecified atom stereocenters. The van der Waals surface area contributed by atoms with Gasteiger partial charge in [0.2, 0.25) is 0 Å². The molecule has 3 rings (SSSR count). The number of benzene rings is 2. The molecule has 29 heavy (non-hydrogen) atoms. The summed E-state index contributed by atoms with van der Waals surface area (Å²) in [5, 5.41) is 1.83. The van der Waals surface area contributed by atoms with E-state index in [1.807, 2.05) is 24.3 Å². The van der Waals surface area contributed by atoms with Crippen molar-refractivity contribution in [3.05, 3.63) is 35.4 Å². The highest BCUT2D eigenvalue weighted by molar-refractivity contribution is 7.31. The molecule has 1 aromatic heterocycles. The predicted octanol–water partition coefficient (Wildman–Crippen LogP) is 6.96. The summed E-state index contributed by atoms with van der Waals surface area (Å²) in [6.45, 7) is 12.9. The van der Waals surface area contributed by atoms with Gasteiger partial charge in [-0.2, -0.15) is 0 Å². The zero-order chi connectivity index (χ0) is 21.6. The third-order valence-corrected chi connectivity index (χ3v) is 5.94. The van der Waals surface area contributed by atoms with E-state index in [4.69, 9.17) is 22.4 Å². The Labute approximate surface area is 173 Å². The number of hydrogen-bond acceptors (Lipinski definition) is 5. The fraction of sp³-hybridized carbons (Fsp3) is 0.478. The molecule has 0 N–H and O–H groups in total. The van der Waals surface area contributed by atoms with E-state index in [1.54, 1.807) is 21.3 Å². The van der Waals surface area contributed by atoms with Crippen LogP contribution in [0.15, 0.2) is 32.7 Å². The van der Waals surface area contributed by atoms with Crippen LogP contribution in [0.25, 0.3) is 21.9 Å². The molecule has 0 amide bonds. The highest BCUT2D eigenvalue weighted by Crippen LogP contribution is 2.44. The molecule has 6 heteroatoms. The van der Waals surface area contributed by atoms with Gasteiger partial charge < -0.3 is 17.9 Å². The van der Waals surface area contributed by atoms with Crippen molar-refractivity contribution in [3.8, 4) is 11.5 Å². The highest BCUT2D eigenvalue weighted by Gasteiger charge is 2.25. The van der Waals surface area contributed by atoms with Crippen LogP contribution in [0.2, 0.25) is 0 Å². The Kier molecular flexibility index (Phi) is 5.68. The molecule has 158 valence electrons. The first-order valence-corrected chi connectivity index (χ1v) is 10.7. The number of methoxy groups -OCH3 is 2. The minimum Gasteiger partial charge on any atom is -0.497 e. The molecular formula is C23H31O5P. The third kappa shape index (κ3) is 4.12. The molecule has 0 aliphatic rings. The molecule has 0 radical (unpaired) electrons. The van der Waals surface area contributed by atoms with Crippen LogP contribution in [0, 0.1) is 0 Å². The topological polar surface area (TPSA) is 54.0 Å². The van der Waals surface area contributed by atoms with Crippen molar-refractivity contribution in [2.75, 3.05) is 21.3 Å². The summed E-state index contributed by atoms with van der Waals surface area (Å²) >= 11 is 0. The van der Waals surface area contributed by atoms with E-state index >= 15 is 0 Å². The Morgan fingerprint density at radius 1 is 0.655 bits per heavy atom. The maximum absolute atomic E-state index is 6.31. The van der Waals surface area contributed by atoms with Crippen molar-refractivity contribution >= 4 is 30.2 Å². The average molecular weight is 418 g/mol. The van der Waals surface area contributed by atoms with Crippen molar-refractivity contribution in [2.24, 2.45) is 0 Å². The third-order valence-electron chi connectivity index (χ3n) is 4.98. The minimum atomic E-state index is -1.61. The van der Waals surface area contributed by atoms with Crippen molar-refractivity contribution in [1.29, 1.82) is 0 Å². The number of rotatable bonds is 3. The molecule has 0 saturated carbocycles. The first-order valence-electron chi connectivity index (χ1n) is 9.65. The van der Waals surface area contributed by atoms with E-state index in [9.17, 15) is 0 Å². The van der Waals surface area contributed by atoms with Gasteiger partial charge in [0.05, 0.1) is 21.3 Å². The lowest BCUT2D eigenvalue weighted by Gasteiger charge is -2.21. The molecule has 0 atom stereocenters. The Morgan fingerprint density at radius 2 is 1.03 bits per heavy atom. The fourth-order valence-electron chi connectivity index (χ4n) is 3.39. The lowest BCUT2D eigenvalue weighted by Crippen LogP contribution is -2.12. The number of fused-ring (bicyclic) bond motifs is 3. The van der Waals surface area contributed by atoms with E-state index in [0.717, 1.165) is 44.6 Å². The standard InChI is InChI=1S/C23H31O5P/c1-22(2,3)18-12-14(24-7)10-16-17-11-15(25-8)13-19(23(4,5)6)21(17)28-29(26-9)27-20(16)18/h10-13H,1-9H3. The lowest BCUT2D eigenvalue weighted by molar-refractivity contribution is 0.412. The van der Waals surface area contributed by atoms with Crippen molar-refractivity contribution in [1.82, 2.24) is 0 Å². The quantitative estimate of drug-likeness (QED) is 0.460. The SMILES string of the molecule is COc1cc(C(C)(C)C)c2op(OC)oc3c(C(C)(C)C)cc(OC)cc3c2c1. The van der Waals surface area contributed by atoms with Gasteiger partial charge in [-0.1, -0.05) is 41.5 Å². The molecule has 5 nitrogen and oxygen atoms in total. The summed E-state index contributed by atoms with van der Waals surface area (Å²) in [7, 11) is 3.36. The minimum absolute atomic E-state index is 0.163. The second-order valence-electron chi connectivity index (χ2n) is 9.19. The van der Waals surface area contributed by atoms with Gasteiger partial charge in [0.25, 0.3) is 0 Å². The zero-order valence-corrected chi connectivity index (χ0v) is 19.7. The number of hydrogen-bond donors (Lipinski definition) is 0. The van der Waals surface area contributed by atoms with Crippen molar-refractivity contribution in [2.45, 2.75) is 52.4 Å². The maximum Gasteiger partial charge on any atom is 0.387 e. The molecule has 0 aliphatic heterocycles. The second kappa shape index (κ2) is 7.62. The van der Waals surface area contributed by atoms with Gasteiger partial charge in [0, 0.05) is 21.9 Å². The predicted molar refractivity (Wildman–Crippen MR) is 119 cm³/mol. The molecule has 0 saturated heterocycles. The molecule has 0 aliphatic carbocycles. The molecular weight excluding hydrogens is 387 g/mol. The summed E-state index contributed by atoms with van der Waals surface area (Å²) in [4.78, 5) is 0. The smallest absolute Gasteiger partial charge is 0.387 e. The maximum atomic E-state index is 6.31. The van der Waals surface area contributed by atoms with Gasteiger partial charge in [-0.25, -0.2) is 0 Å². The van der Waals surface area contributed by atoms with Crippen LogP contribution >= 0.6 is 8.24 Å². The van der Waals surface area contributed by atoms with Gasteiger partial charge in [-0.3, -0.25) is 4.52 Å². The summed E-state index contributed by atoms with van der Waals surface area (Å²) in [5.74, 6) is 1.54. The molecule has 0 spiro atoms. The Morgan fingerprint density at radius 3 is 1.31 bits per heavy atom. The first kappa shape index (κ1) is 21.6. The Balaban J connectivity index is 2.69. The Hall–Kier alpha value is -2.10. The second-order valence-corrected chi connectivity index (χ2v) is 10.4. The van der Waals surface area contributed by atoms with E-state index in [2.05, 4.69) is 41.5 Å². The van der Waals surface area contributed by atoms with Crippen LogP contribution in [0.1, 0.15) is 52.7 Å². The summed E-state index contributed by atoms with van der Waals surface area (Å²) < 4.78 is 29.5. The average Bonchev–Trinajstić information content (AvgIpc) is 2.81. The monoisotopic (exact) mass is 418 g/mol. The molecule has 3 aromatic rings. The fourth-order valence-corrected chi connectivity index (χ4v) is 4.27. The van der Waals surface area contributed by atoms with Gasteiger partial charge in [-0.15, -0.1) is 0 Å². The van der Waals surface area contributed by atoms with E-state index in [0.29, 0.717) is 0 Å². The van der Waals surface area contributed by atoms with Crippen molar-refractivity contribution < 1.29 is 22.4 Å². The summed E-state index contributed by atoms with van der Waals surface area (Å²) in [5.41, 5.74) is 3.27. The van der Waals surface area contributed by atoms with Crippen LogP contribution in [0.4, 0.5) is 0 Å². The van der Waals surface area contributed by atoms with Gasteiger partial charge >= 0.3 is 8.24 Å². The van der Waals surface area contributed by atoms with Crippen LogP contribution in [-0.2, 0) is 10.8 Å². The lowest BCUT2D eigenvalue weighted by atomic mass is 9.84. The molecule has 2 aromatic carbocycles. The number of ether oxygens (including phenoxy) is 2. The normalized spacial score (nSPS) is 12.4. The van der Waals surface area contributed by atoms with Gasteiger partial charge in [0.15, 0.2) is 0 Å².